The molecular formula is C11H20Cl2F2N4. The molecule has 1 saturated heterocycles. The predicted molar refractivity (Wildman–Crippen MR) is 75.3 cm³/mol. The van der Waals surface area contributed by atoms with Gasteiger partial charge in [-0.05, 0) is 26.4 Å². The van der Waals surface area contributed by atoms with Crippen molar-refractivity contribution in [3.8, 4) is 0 Å². The van der Waals surface area contributed by atoms with E-state index in [1.165, 1.54) is 12.4 Å². The molecule has 2 rings (SSSR count). The summed E-state index contributed by atoms with van der Waals surface area (Å²) < 4.78 is 26.3. The number of alkyl halides is 2. The normalized spacial score (nSPS) is 19.3. The molecule has 1 aromatic heterocycles. The fourth-order valence-electron chi connectivity index (χ4n) is 2.40. The molecule has 0 aromatic carbocycles. The summed E-state index contributed by atoms with van der Waals surface area (Å²) >= 11 is 0. The molecule has 1 atom stereocenters. The summed E-state index contributed by atoms with van der Waals surface area (Å²) in [4.78, 5) is 6.24. The first-order valence-corrected chi connectivity index (χ1v) is 5.91. The lowest BCUT2D eigenvalue weighted by atomic mass is 10.2. The first-order chi connectivity index (χ1) is 8.22. The quantitative estimate of drug-likeness (QED) is 0.905. The zero-order chi connectivity index (χ0) is 12.3. The molecular weight excluding hydrogens is 297 g/mol. The van der Waals surface area contributed by atoms with Crippen LogP contribution in [0.1, 0.15) is 25.2 Å². The van der Waals surface area contributed by atoms with Gasteiger partial charge in [-0.1, -0.05) is 0 Å². The molecule has 19 heavy (non-hydrogen) atoms. The van der Waals surface area contributed by atoms with Gasteiger partial charge in [0.2, 0.25) is 0 Å². The van der Waals surface area contributed by atoms with Crippen LogP contribution in [0.25, 0.3) is 0 Å². The van der Waals surface area contributed by atoms with Gasteiger partial charge in [0.1, 0.15) is 5.82 Å². The molecule has 1 N–H and O–H groups in total. The second kappa shape index (κ2) is 8.68. The summed E-state index contributed by atoms with van der Waals surface area (Å²) in [5.74, 6) is 0.447. The van der Waals surface area contributed by atoms with Crippen LogP contribution in [0, 0.1) is 0 Å². The average molecular weight is 317 g/mol. The Morgan fingerprint density at radius 2 is 2.21 bits per heavy atom. The van der Waals surface area contributed by atoms with Gasteiger partial charge in [-0.2, -0.15) is 8.78 Å². The standard InChI is InChI=1S/C11H18F2N4.2ClH/c1-14-7-9-3-2-5-16(9)8-10-15-4-6-17(10)11(12)13;;/h4,6,9,11,14H,2-3,5,7-8H2,1H3;2*1H. The van der Waals surface area contributed by atoms with Gasteiger partial charge in [0, 0.05) is 25.0 Å². The van der Waals surface area contributed by atoms with E-state index in [0.29, 0.717) is 18.4 Å². The highest BCUT2D eigenvalue weighted by atomic mass is 35.5. The van der Waals surface area contributed by atoms with Crippen molar-refractivity contribution in [2.75, 3.05) is 20.1 Å². The average Bonchev–Trinajstić information content (AvgIpc) is 2.89. The van der Waals surface area contributed by atoms with Crippen molar-refractivity contribution >= 4 is 24.8 Å². The molecule has 1 aliphatic rings. The summed E-state index contributed by atoms with van der Waals surface area (Å²) in [6, 6.07) is 0.433. The van der Waals surface area contributed by atoms with Gasteiger partial charge in [0.05, 0.1) is 6.54 Å². The molecule has 4 nitrogen and oxygen atoms in total. The molecule has 0 aliphatic carbocycles. The maximum absolute atomic E-state index is 12.7. The van der Waals surface area contributed by atoms with Gasteiger partial charge in [-0.3, -0.25) is 9.47 Å². The predicted octanol–water partition coefficient (Wildman–Crippen LogP) is 2.31. The number of hydrogen-bond donors (Lipinski definition) is 1. The first kappa shape index (κ1) is 18.6. The van der Waals surface area contributed by atoms with Crippen molar-refractivity contribution in [1.82, 2.24) is 19.8 Å². The van der Waals surface area contributed by atoms with Gasteiger partial charge in [-0.25, -0.2) is 4.98 Å². The summed E-state index contributed by atoms with van der Waals surface area (Å²) in [5, 5.41) is 3.14. The number of nitrogens with zero attached hydrogens (tertiary/aromatic N) is 3. The minimum atomic E-state index is -2.50. The van der Waals surface area contributed by atoms with E-state index in [9.17, 15) is 8.78 Å². The van der Waals surface area contributed by atoms with E-state index in [1.807, 2.05) is 7.05 Å². The highest BCUT2D eigenvalue weighted by Gasteiger charge is 2.25. The molecule has 0 bridgehead atoms. The zero-order valence-electron chi connectivity index (χ0n) is 10.8. The lowest BCUT2D eigenvalue weighted by Gasteiger charge is -2.24. The second-order valence-corrected chi connectivity index (χ2v) is 4.35. The number of nitrogens with one attached hydrogen (secondary N) is 1. The van der Waals surface area contributed by atoms with Gasteiger partial charge >= 0.3 is 6.55 Å². The Kier molecular flexibility index (Phi) is 8.49. The van der Waals surface area contributed by atoms with Crippen LogP contribution in [0.2, 0.25) is 0 Å². The lowest BCUT2D eigenvalue weighted by molar-refractivity contribution is 0.0634. The fraction of sp³-hybridized carbons (Fsp3) is 0.727. The summed E-state index contributed by atoms with van der Waals surface area (Å²) in [6.45, 7) is -0.139. The molecule has 0 spiro atoms. The largest absolute Gasteiger partial charge is 0.319 e. The highest BCUT2D eigenvalue weighted by Crippen LogP contribution is 2.20. The van der Waals surface area contributed by atoms with E-state index >= 15 is 0 Å². The lowest BCUT2D eigenvalue weighted by Crippen LogP contribution is -2.36. The maximum Gasteiger partial charge on any atom is 0.319 e. The van der Waals surface area contributed by atoms with Gasteiger partial charge in [0.15, 0.2) is 0 Å². The Bertz CT molecular complexity index is 362. The Balaban J connectivity index is 0.00000162. The van der Waals surface area contributed by atoms with E-state index in [4.69, 9.17) is 0 Å². The topological polar surface area (TPSA) is 33.1 Å². The van der Waals surface area contributed by atoms with Crippen molar-refractivity contribution < 1.29 is 8.78 Å². The second-order valence-electron chi connectivity index (χ2n) is 4.35. The number of aromatic nitrogens is 2. The van der Waals surface area contributed by atoms with Crippen LogP contribution in [0.4, 0.5) is 8.78 Å². The number of likely N-dealkylation sites (tertiary alicyclic amines) is 1. The number of rotatable bonds is 5. The van der Waals surface area contributed by atoms with Crippen molar-refractivity contribution in [2.24, 2.45) is 0 Å². The smallest absolute Gasteiger partial charge is 0.318 e. The Labute approximate surface area is 124 Å². The maximum atomic E-state index is 12.7. The van der Waals surface area contributed by atoms with Crippen LogP contribution >= 0.6 is 24.8 Å². The van der Waals surface area contributed by atoms with Crippen LogP contribution in [0.15, 0.2) is 12.4 Å². The number of likely N-dealkylation sites (N-methyl/N-ethyl adjacent to an activating group) is 1. The van der Waals surface area contributed by atoms with E-state index in [0.717, 1.165) is 30.5 Å². The van der Waals surface area contributed by atoms with E-state index in [-0.39, 0.29) is 24.8 Å². The van der Waals surface area contributed by atoms with E-state index < -0.39 is 6.55 Å². The molecule has 1 aliphatic heterocycles. The van der Waals surface area contributed by atoms with Crippen LogP contribution in [-0.2, 0) is 6.54 Å². The summed E-state index contributed by atoms with van der Waals surface area (Å²) in [6.07, 6.45) is 5.02. The van der Waals surface area contributed by atoms with Crippen molar-refractivity contribution in [1.29, 1.82) is 0 Å². The van der Waals surface area contributed by atoms with Crippen LogP contribution < -0.4 is 5.32 Å². The van der Waals surface area contributed by atoms with Gasteiger partial charge in [0.25, 0.3) is 0 Å². The molecule has 0 amide bonds. The van der Waals surface area contributed by atoms with Crippen LogP contribution in [0.3, 0.4) is 0 Å². The minimum absolute atomic E-state index is 0. The molecule has 0 saturated carbocycles. The van der Waals surface area contributed by atoms with E-state index in [2.05, 4.69) is 15.2 Å². The highest BCUT2D eigenvalue weighted by molar-refractivity contribution is 5.85. The van der Waals surface area contributed by atoms with Crippen molar-refractivity contribution in [2.45, 2.75) is 32.0 Å². The number of hydrogen-bond acceptors (Lipinski definition) is 3. The van der Waals surface area contributed by atoms with Gasteiger partial charge < -0.3 is 5.32 Å². The van der Waals surface area contributed by atoms with Gasteiger partial charge in [-0.15, -0.1) is 24.8 Å². The summed E-state index contributed by atoms with van der Waals surface area (Å²) in [5.41, 5.74) is 0. The Hall–Kier alpha value is -0.430. The van der Waals surface area contributed by atoms with E-state index in [1.54, 1.807) is 0 Å². The molecule has 1 unspecified atom stereocenters. The SMILES string of the molecule is CNCC1CCCN1Cc1nccn1C(F)F.Cl.Cl. The summed E-state index contributed by atoms with van der Waals surface area (Å²) in [7, 11) is 1.91. The first-order valence-electron chi connectivity index (χ1n) is 5.91. The minimum Gasteiger partial charge on any atom is -0.318 e. The number of imidazole rings is 1. The van der Waals surface area contributed by atoms with Crippen LogP contribution in [0.5, 0.6) is 0 Å². The third-order valence-corrected chi connectivity index (χ3v) is 3.24. The van der Waals surface area contributed by atoms with Crippen molar-refractivity contribution in [3.63, 3.8) is 0 Å². The van der Waals surface area contributed by atoms with Crippen LogP contribution in [-0.4, -0.2) is 40.6 Å². The molecule has 2 heterocycles. The molecule has 0 radical (unpaired) electrons. The molecule has 8 heteroatoms. The fourth-order valence-corrected chi connectivity index (χ4v) is 2.40. The third-order valence-electron chi connectivity index (χ3n) is 3.24. The molecule has 1 aromatic rings. The third kappa shape index (κ3) is 4.56. The molecule has 1 fully saturated rings. The number of halogens is 4. The Morgan fingerprint density at radius 1 is 1.47 bits per heavy atom. The monoisotopic (exact) mass is 316 g/mol. The van der Waals surface area contributed by atoms with Crippen molar-refractivity contribution in [3.05, 3.63) is 18.2 Å². The zero-order valence-corrected chi connectivity index (χ0v) is 12.4. The Morgan fingerprint density at radius 3 is 2.84 bits per heavy atom. The molecule has 112 valence electrons.